The van der Waals surface area contributed by atoms with Gasteiger partial charge in [0.1, 0.15) is 11.6 Å². The lowest BCUT2D eigenvalue weighted by molar-refractivity contribution is -0.139. The van der Waals surface area contributed by atoms with Gasteiger partial charge in [-0.15, -0.1) is 0 Å². The van der Waals surface area contributed by atoms with E-state index in [1.54, 1.807) is 4.90 Å². The molecule has 2 rings (SSSR count). The van der Waals surface area contributed by atoms with Crippen LogP contribution in [0, 0.1) is 5.41 Å². The molecule has 2 fully saturated rings. The summed E-state index contributed by atoms with van der Waals surface area (Å²) >= 11 is 0. The molecule has 6 nitrogen and oxygen atoms in total. The van der Waals surface area contributed by atoms with Crippen molar-refractivity contribution in [2.24, 2.45) is 5.41 Å². The fourth-order valence-electron chi connectivity index (χ4n) is 2.82. The zero-order valence-electron chi connectivity index (χ0n) is 11.7. The highest BCUT2D eigenvalue weighted by atomic mass is 16.6. The number of likely N-dealkylation sites (tertiary alicyclic amines) is 1. The molecule has 2 atom stereocenters. The molecule has 19 heavy (non-hydrogen) atoms. The van der Waals surface area contributed by atoms with E-state index in [9.17, 15) is 9.59 Å². The average molecular weight is 270 g/mol. The second kappa shape index (κ2) is 4.67. The van der Waals surface area contributed by atoms with E-state index < -0.39 is 17.6 Å². The Morgan fingerprint density at radius 3 is 2.63 bits per heavy atom. The normalized spacial score (nSPS) is 30.9. The SMILES string of the molecule is CC(C)(C)OC(=O)N1CCC2(CNC(C(=O)O)C2)C1. The Balaban J connectivity index is 1.93. The number of hydrogen-bond acceptors (Lipinski definition) is 4. The van der Waals surface area contributed by atoms with E-state index in [-0.39, 0.29) is 11.5 Å². The van der Waals surface area contributed by atoms with Crippen molar-refractivity contribution in [2.75, 3.05) is 19.6 Å². The van der Waals surface area contributed by atoms with Crippen molar-refractivity contribution >= 4 is 12.1 Å². The molecule has 0 radical (unpaired) electrons. The molecule has 1 amide bonds. The van der Waals surface area contributed by atoms with E-state index in [0.717, 1.165) is 6.42 Å². The van der Waals surface area contributed by atoms with Crippen LogP contribution in [0.1, 0.15) is 33.6 Å². The summed E-state index contributed by atoms with van der Waals surface area (Å²) in [7, 11) is 0. The smallest absolute Gasteiger partial charge is 0.410 e. The Morgan fingerprint density at radius 1 is 1.42 bits per heavy atom. The van der Waals surface area contributed by atoms with Gasteiger partial charge in [-0.05, 0) is 33.6 Å². The van der Waals surface area contributed by atoms with Crippen LogP contribution in [0.15, 0.2) is 0 Å². The van der Waals surface area contributed by atoms with E-state index in [0.29, 0.717) is 26.1 Å². The Labute approximate surface area is 113 Å². The number of aliphatic carboxylic acids is 1. The molecule has 1 spiro atoms. The number of rotatable bonds is 1. The second-order valence-electron chi connectivity index (χ2n) is 6.63. The third-order valence-corrected chi connectivity index (χ3v) is 3.75. The maximum Gasteiger partial charge on any atom is 0.410 e. The second-order valence-corrected chi connectivity index (χ2v) is 6.63. The van der Waals surface area contributed by atoms with Crippen molar-refractivity contribution in [2.45, 2.75) is 45.3 Å². The molecule has 2 heterocycles. The molecule has 6 heteroatoms. The van der Waals surface area contributed by atoms with Gasteiger partial charge in [0.25, 0.3) is 0 Å². The molecular weight excluding hydrogens is 248 g/mol. The van der Waals surface area contributed by atoms with E-state index in [1.165, 1.54) is 0 Å². The lowest BCUT2D eigenvalue weighted by atomic mass is 9.85. The van der Waals surface area contributed by atoms with Gasteiger partial charge in [-0.2, -0.15) is 0 Å². The lowest BCUT2D eigenvalue weighted by Gasteiger charge is -2.26. The van der Waals surface area contributed by atoms with E-state index in [1.807, 2.05) is 20.8 Å². The summed E-state index contributed by atoms with van der Waals surface area (Å²) in [6, 6.07) is -0.487. The van der Waals surface area contributed by atoms with Crippen molar-refractivity contribution in [3.05, 3.63) is 0 Å². The summed E-state index contributed by atoms with van der Waals surface area (Å²) in [4.78, 5) is 24.7. The van der Waals surface area contributed by atoms with Gasteiger partial charge in [0, 0.05) is 25.0 Å². The highest BCUT2D eigenvalue weighted by Gasteiger charge is 2.47. The number of amides is 1. The number of carbonyl (C=O) groups excluding carboxylic acids is 1. The van der Waals surface area contributed by atoms with Crippen LogP contribution in [0.2, 0.25) is 0 Å². The van der Waals surface area contributed by atoms with Crippen molar-refractivity contribution in [1.29, 1.82) is 0 Å². The minimum atomic E-state index is -0.812. The Kier molecular flexibility index (Phi) is 3.47. The molecule has 2 N–H and O–H groups in total. The summed E-state index contributed by atoms with van der Waals surface area (Å²) in [6.07, 6.45) is 1.12. The molecule has 0 aromatic carbocycles. The molecule has 2 aliphatic rings. The number of nitrogens with one attached hydrogen (secondary N) is 1. The number of carboxylic acids is 1. The summed E-state index contributed by atoms with van der Waals surface area (Å²) < 4.78 is 5.35. The molecule has 108 valence electrons. The van der Waals surface area contributed by atoms with Crippen LogP contribution in [0.3, 0.4) is 0 Å². The monoisotopic (exact) mass is 270 g/mol. The van der Waals surface area contributed by atoms with Crippen molar-refractivity contribution in [3.8, 4) is 0 Å². The van der Waals surface area contributed by atoms with Gasteiger partial charge in [0.05, 0.1) is 0 Å². The maximum atomic E-state index is 12.0. The molecule has 0 bridgehead atoms. The van der Waals surface area contributed by atoms with Gasteiger partial charge in [-0.25, -0.2) is 4.79 Å². The molecule has 2 aliphatic heterocycles. The van der Waals surface area contributed by atoms with Crippen LogP contribution >= 0.6 is 0 Å². The largest absolute Gasteiger partial charge is 0.480 e. The van der Waals surface area contributed by atoms with Gasteiger partial charge in [-0.3, -0.25) is 4.79 Å². The van der Waals surface area contributed by atoms with Crippen LogP contribution in [0.25, 0.3) is 0 Å². The fraction of sp³-hybridized carbons (Fsp3) is 0.846. The third-order valence-electron chi connectivity index (χ3n) is 3.75. The quantitative estimate of drug-likeness (QED) is 0.745. The zero-order valence-corrected chi connectivity index (χ0v) is 11.7. The number of carboxylic acid groups (broad SMARTS) is 1. The molecule has 0 saturated carbocycles. The van der Waals surface area contributed by atoms with Crippen LogP contribution in [0.5, 0.6) is 0 Å². The van der Waals surface area contributed by atoms with Gasteiger partial charge >= 0.3 is 12.1 Å². The summed E-state index contributed by atoms with van der Waals surface area (Å²) in [5.41, 5.74) is -0.593. The highest BCUT2D eigenvalue weighted by molar-refractivity contribution is 5.74. The standard InChI is InChI=1S/C13H22N2O4/c1-12(2,3)19-11(18)15-5-4-13(8-15)6-9(10(16)17)14-7-13/h9,14H,4-8H2,1-3H3,(H,16,17). The van der Waals surface area contributed by atoms with Crippen molar-refractivity contribution in [3.63, 3.8) is 0 Å². The molecule has 2 saturated heterocycles. The van der Waals surface area contributed by atoms with Crippen molar-refractivity contribution < 1.29 is 19.4 Å². The van der Waals surface area contributed by atoms with Crippen LogP contribution < -0.4 is 5.32 Å². The highest BCUT2D eigenvalue weighted by Crippen LogP contribution is 2.38. The molecule has 0 aromatic heterocycles. The number of hydrogen-bond donors (Lipinski definition) is 2. The van der Waals surface area contributed by atoms with E-state index >= 15 is 0 Å². The third kappa shape index (κ3) is 3.18. The maximum absolute atomic E-state index is 12.0. The zero-order chi connectivity index (χ0) is 14.3. The molecule has 0 aromatic rings. The first kappa shape index (κ1) is 14.1. The fourth-order valence-corrected chi connectivity index (χ4v) is 2.82. The topological polar surface area (TPSA) is 78.9 Å². The molecular formula is C13H22N2O4. The predicted octanol–water partition coefficient (Wildman–Crippen LogP) is 1.06. The minimum absolute atomic E-state index is 0.0973. The first-order chi connectivity index (χ1) is 8.71. The first-order valence-electron chi connectivity index (χ1n) is 6.65. The summed E-state index contributed by atoms with van der Waals surface area (Å²) in [5.74, 6) is -0.812. The summed E-state index contributed by atoms with van der Waals surface area (Å²) in [6.45, 7) is 7.40. The average Bonchev–Trinajstić information content (AvgIpc) is 2.85. The molecule has 0 aliphatic carbocycles. The van der Waals surface area contributed by atoms with Crippen LogP contribution in [0.4, 0.5) is 4.79 Å². The van der Waals surface area contributed by atoms with E-state index in [4.69, 9.17) is 9.84 Å². The van der Waals surface area contributed by atoms with Crippen LogP contribution in [-0.2, 0) is 9.53 Å². The Morgan fingerprint density at radius 2 is 2.11 bits per heavy atom. The number of nitrogens with zero attached hydrogens (tertiary/aromatic N) is 1. The van der Waals surface area contributed by atoms with Gasteiger partial charge in [0.15, 0.2) is 0 Å². The van der Waals surface area contributed by atoms with E-state index in [2.05, 4.69) is 5.32 Å². The van der Waals surface area contributed by atoms with Gasteiger partial charge < -0.3 is 20.1 Å². The molecule has 2 unspecified atom stereocenters. The van der Waals surface area contributed by atoms with Gasteiger partial charge in [-0.1, -0.05) is 0 Å². The van der Waals surface area contributed by atoms with Crippen LogP contribution in [-0.4, -0.2) is 53.3 Å². The first-order valence-corrected chi connectivity index (χ1v) is 6.65. The number of carbonyl (C=O) groups is 2. The summed E-state index contributed by atoms with van der Waals surface area (Å²) in [5, 5.41) is 12.0. The minimum Gasteiger partial charge on any atom is -0.480 e. The Hall–Kier alpha value is -1.30. The number of ether oxygens (including phenoxy) is 1. The lowest BCUT2D eigenvalue weighted by Crippen LogP contribution is -2.37. The Bertz CT molecular complexity index is 391. The van der Waals surface area contributed by atoms with Gasteiger partial charge in [0.2, 0.25) is 0 Å². The predicted molar refractivity (Wildman–Crippen MR) is 68.9 cm³/mol. The van der Waals surface area contributed by atoms with Crippen molar-refractivity contribution in [1.82, 2.24) is 10.2 Å².